The highest BCUT2D eigenvalue weighted by Crippen LogP contribution is 2.42. The van der Waals surface area contributed by atoms with Gasteiger partial charge in [0.15, 0.2) is 24.0 Å². The molecule has 0 aliphatic carbocycles. The maximum Gasteiger partial charge on any atom is 0.416 e. The Labute approximate surface area is 401 Å². The Morgan fingerprint density at radius 1 is 0.797 bits per heavy atom. The van der Waals surface area contributed by atoms with Gasteiger partial charge in [-0.05, 0) is 99.9 Å². The van der Waals surface area contributed by atoms with E-state index in [1.54, 1.807) is 57.6 Å². The van der Waals surface area contributed by atoms with Gasteiger partial charge in [0, 0.05) is 69.1 Å². The Morgan fingerprint density at radius 3 is 2.19 bits per heavy atom. The van der Waals surface area contributed by atoms with E-state index < -0.39 is 24.7 Å². The van der Waals surface area contributed by atoms with Gasteiger partial charge in [-0.3, -0.25) is 19.2 Å². The minimum atomic E-state index is -0.903. The Morgan fingerprint density at radius 2 is 1.49 bits per heavy atom. The zero-order valence-electron chi connectivity index (χ0n) is 39.5. The number of nitrogens with zero attached hydrogens (tertiary/aromatic N) is 4. The van der Waals surface area contributed by atoms with Crippen LogP contribution in [-0.4, -0.2) is 95.8 Å². The molecule has 3 aromatic carbocycles. The van der Waals surface area contributed by atoms with Gasteiger partial charge in [0.1, 0.15) is 18.0 Å². The number of piperidine rings is 1. The topological polar surface area (TPSA) is 184 Å². The van der Waals surface area contributed by atoms with E-state index in [-0.39, 0.29) is 66.0 Å². The fourth-order valence-electron chi connectivity index (χ4n) is 8.91. The van der Waals surface area contributed by atoms with Crippen molar-refractivity contribution in [1.82, 2.24) is 14.0 Å². The highest BCUT2D eigenvalue weighted by atomic mass is 16.7. The average molecular weight is 942 g/mol. The number of fused-ring (bicyclic) bond motifs is 2. The van der Waals surface area contributed by atoms with Crippen LogP contribution in [0, 0.1) is 6.92 Å². The molecule has 17 nitrogen and oxygen atoms in total. The molecule has 5 heterocycles. The largest absolute Gasteiger partial charge is 0.493 e. The number of rotatable bonds is 16. The Hall–Kier alpha value is -7.37. The molecule has 0 saturated carbocycles. The van der Waals surface area contributed by atoms with Crippen LogP contribution in [0.5, 0.6) is 11.5 Å². The standard InChI is InChI=1S/C52H59N7O10/c1-6-24-68-52(64)59-41-30-45(44(65-5)29-39(41)50(63)58-23-9-7-12-40(58)51(59)69-47-14-8-10-25-67-47)66-26-11-13-46(60)53-38-28-43(57(4)32-38)49(62)55-37-21-17-34(18-22-37)35-27-42(56(3)31-35)48(61)54-36-19-15-33(2)16-20-36/h6,15-22,27-32,40,47,51H,1,7-14,23-26H2,2-5H3,(H,53,60)(H,54,61)(H,55,62)/t40-,47?,51?/m0/s1. The van der Waals surface area contributed by atoms with Gasteiger partial charge in [0.2, 0.25) is 5.91 Å². The lowest BCUT2D eigenvalue weighted by molar-refractivity contribution is -0.198. The number of carbonyl (C=O) groups is 5. The molecule has 5 aromatic rings. The van der Waals surface area contributed by atoms with E-state index in [9.17, 15) is 24.0 Å². The van der Waals surface area contributed by atoms with Crippen molar-refractivity contribution >= 4 is 52.5 Å². The maximum absolute atomic E-state index is 14.3. The highest BCUT2D eigenvalue weighted by Gasteiger charge is 2.47. The molecule has 362 valence electrons. The number of amides is 5. The summed E-state index contributed by atoms with van der Waals surface area (Å²) in [7, 11) is 5.01. The third-order valence-corrected chi connectivity index (χ3v) is 12.5. The van der Waals surface area contributed by atoms with Crippen molar-refractivity contribution in [1.29, 1.82) is 0 Å². The van der Waals surface area contributed by atoms with Gasteiger partial charge in [-0.1, -0.05) is 42.5 Å². The van der Waals surface area contributed by atoms with Crippen LogP contribution in [0.1, 0.15) is 88.3 Å². The summed E-state index contributed by atoms with van der Waals surface area (Å²) in [6.45, 7) is 6.76. The van der Waals surface area contributed by atoms with Crippen LogP contribution in [0.25, 0.3) is 11.1 Å². The van der Waals surface area contributed by atoms with E-state index in [0.717, 1.165) is 42.4 Å². The van der Waals surface area contributed by atoms with E-state index in [0.29, 0.717) is 60.9 Å². The number of aryl methyl sites for hydroxylation is 3. The molecule has 8 rings (SSSR count). The van der Waals surface area contributed by atoms with Crippen LogP contribution in [-0.2, 0) is 33.1 Å². The number of ether oxygens (including phenoxy) is 5. The molecule has 0 radical (unpaired) electrons. The molecule has 3 aliphatic heterocycles. The normalized spacial score (nSPS) is 17.7. The summed E-state index contributed by atoms with van der Waals surface area (Å²) < 4.78 is 33.5. The van der Waals surface area contributed by atoms with Gasteiger partial charge in [-0.2, -0.15) is 0 Å². The Balaban J connectivity index is 0.882. The third kappa shape index (κ3) is 11.2. The van der Waals surface area contributed by atoms with Crippen molar-refractivity contribution in [2.75, 3.05) is 54.3 Å². The first kappa shape index (κ1) is 48.1. The highest BCUT2D eigenvalue weighted by molar-refractivity contribution is 6.07. The second-order valence-electron chi connectivity index (χ2n) is 17.4. The Kier molecular flexibility index (Phi) is 15.1. The summed E-state index contributed by atoms with van der Waals surface area (Å²) in [5.74, 6) is -0.590. The lowest BCUT2D eigenvalue weighted by atomic mass is 10.00. The number of nitrogens with one attached hydrogen (secondary N) is 3. The van der Waals surface area contributed by atoms with E-state index >= 15 is 0 Å². The van der Waals surface area contributed by atoms with Crippen LogP contribution in [0.3, 0.4) is 0 Å². The van der Waals surface area contributed by atoms with E-state index in [1.807, 2.05) is 62.6 Å². The molecule has 2 unspecified atom stereocenters. The zero-order valence-corrected chi connectivity index (χ0v) is 39.5. The molecule has 3 atom stereocenters. The quantitative estimate of drug-likeness (QED) is 0.0639. The van der Waals surface area contributed by atoms with Crippen LogP contribution < -0.4 is 30.3 Å². The first-order chi connectivity index (χ1) is 33.4. The number of aromatic nitrogens is 2. The van der Waals surface area contributed by atoms with E-state index in [2.05, 4.69) is 22.5 Å². The summed E-state index contributed by atoms with van der Waals surface area (Å²) >= 11 is 0. The number of hydrogen-bond donors (Lipinski definition) is 3. The summed E-state index contributed by atoms with van der Waals surface area (Å²) in [5.41, 5.74) is 5.88. The van der Waals surface area contributed by atoms with Crippen molar-refractivity contribution in [3.05, 3.63) is 120 Å². The molecule has 3 N–H and O–H groups in total. The van der Waals surface area contributed by atoms with Crippen LogP contribution in [0.4, 0.5) is 27.5 Å². The van der Waals surface area contributed by atoms with Crippen LogP contribution in [0.2, 0.25) is 0 Å². The zero-order chi connectivity index (χ0) is 48.6. The molecule has 2 saturated heterocycles. The maximum atomic E-state index is 14.3. The minimum absolute atomic E-state index is 0.0508. The molecule has 2 fully saturated rings. The smallest absolute Gasteiger partial charge is 0.416 e. The molecular formula is C52H59N7O10. The van der Waals surface area contributed by atoms with Crippen molar-refractivity contribution in [2.45, 2.75) is 76.9 Å². The second-order valence-corrected chi connectivity index (χ2v) is 17.4. The lowest BCUT2D eigenvalue weighted by Gasteiger charge is -2.42. The third-order valence-electron chi connectivity index (χ3n) is 12.5. The predicted octanol–water partition coefficient (Wildman–Crippen LogP) is 8.66. The lowest BCUT2D eigenvalue weighted by Crippen LogP contribution is -2.57. The number of carbonyl (C=O) groups excluding carboxylic acids is 5. The van der Waals surface area contributed by atoms with Gasteiger partial charge >= 0.3 is 6.09 Å². The van der Waals surface area contributed by atoms with Gasteiger partial charge in [-0.15, -0.1) is 0 Å². The second kappa shape index (κ2) is 21.7. The predicted molar refractivity (Wildman–Crippen MR) is 261 cm³/mol. The summed E-state index contributed by atoms with van der Waals surface area (Å²) in [6, 6.07) is 21.1. The Bertz CT molecular complexity index is 2690. The number of hydrogen-bond acceptors (Lipinski definition) is 10. The molecule has 5 amide bonds. The molecule has 2 aromatic heterocycles. The molecule has 69 heavy (non-hydrogen) atoms. The minimum Gasteiger partial charge on any atom is -0.493 e. The molecular weight excluding hydrogens is 883 g/mol. The monoisotopic (exact) mass is 941 g/mol. The van der Waals surface area contributed by atoms with Gasteiger partial charge in [0.25, 0.3) is 17.7 Å². The van der Waals surface area contributed by atoms with E-state index in [1.165, 1.54) is 18.1 Å². The number of methoxy groups -OCH3 is 1. The fraction of sp³-hybridized carbons (Fsp3) is 0.365. The van der Waals surface area contributed by atoms with Gasteiger partial charge < -0.3 is 53.7 Å². The molecule has 0 bridgehead atoms. The van der Waals surface area contributed by atoms with Crippen molar-refractivity contribution in [3.63, 3.8) is 0 Å². The summed E-state index contributed by atoms with van der Waals surface area (Å²) in [5, 5.41) is 8.72. The summed E-state index contributed by atoms with van der Waals surface area (Å²) in [4.78, 5) is 71.0. The number of anilines is 4. The SMILES string of the molecule is C=CCOC(=O)N1c2cc(OCCCC(=O)Nc3cc(C(=O)Nc4ccc(-c5cc(C(=O)Nc6ccc(C)cc6)n(C)c5)cc4)n(C)c3)c(OC)cc2C(=O)N2CCCC[C@H]2C1OC1CCCCO1. The molecule has 3 aliphatic rings. The van der Waals surface area contributed by atoms with Crippen molar-refractivity contribution < 1.29 is 47.7 Å². The van der Waals surface area contributed by atoms with E-state index in [4.69, 9.17) is 23.7 Å². The van der Waals surface area contributed by atoms with Crippen LogP contribution >= 0.6 is 0 Å². The average Bonchev–Trinajstić information content (AvgIpc) is 3.91. The van der Waals surface area contributed by atoms with Gasteiger partial charge in [-0.25, -0.2) is 9.69 Å². The first-order valence-electron chi connectivity index (χ1n) is 23.3. The summed E-state index contributed by atoms with van der Waals surface area (Å²) in [6.07, 6.45) is 7.99. The van der Waals surface area contributed by atoms with Crippen molar-refractivity contribution in [3.8, 4) is 22.6 Å². The first-order valence-corrected chi connectivity index (χ1v) is 23.3. The fourth-order valence-corrected chi connectivity index (χ4v) is 8.91. The van der Waals surface area contributed by atoms with Crippen molar-refractivity contribution in [2.24, 2.45) is 14.1 Å². The molecule has 17 heteroatoms. The van der Waals surface area contributed by atoms with Gasteiger partial charge in [0.05, 0.1) is 36.7 Å². The number of benzene rings is 3. The molecule has 0 spiro atoms. The van der Waals surface area contributed by atoms with Crippen LogP contribution in [0.15, 0.2) is 97.8 Å².